The van der Waals surface area contributed by atoms with Crippen molar-refractivity contribution in [3.63, 3.8) is 0 Å². The molecule has 0 spiro atoms. The number of rotatable bonds is 4. The van der Waals surface area contributed by atoms with Gasteiger partial charge in [0.2, 0.25) is 0 Å². The second-order valence-corrected chi connectivity index (χ2v) is 3.62. The first kappa shape index (κ1) is 12.2. The minimum atomic E-state index is -0.700. The zero-order chi connectivity index (χ0) is 13.0. The molecule has 0 fully saturated rings. The van der Waals surface area contributed by atoms with Crippen LogP contribution < -0.4 is 5.32 Å². The molecule has 0 aliphatic rings. The number of esters is 1. The maximum Gasteiger partial charge on any atom is 0.340 e. The third-order valence-corrected chi connectivity index (χ3v) is 2.42. The van der Waals surface area contributed by atoms with Gasteiger partial charge in [0.1, 0.15) is 11.6 Å². The number of methoxy groups -OCH3 is 1. The topological polar surface area (TPSA) is 51.5 Å². The van der Waals surface area contributed by atoms with Crippen molar-refractivity contribution in [3.8, 4) is 0 Å². The van der Waals surface area contributed by atoms with Gasteiger partial charge in [0.05, 0.1) is 25.5 Å². The molecule has 0 aliphatic heterocycles. The zero-order valence-corrected chi connectivity index (χ0v) is 9.77. The van der Waals surface area contributed by atoms with Gasteiger partial charge in [0.25, 0.3) is 0 Å². The molecule has 1 aromatic carbocycles. The Labute approximate surface area is 103 Å². The monoisotopic (exact) mass is 249 g/mol. The summed E-state index contributed by atoms with van der Waals surface area (Å²) in [6.07, 6.45) is 1.57. The van der Waals surface area contributed by atoms with E-state index in [0.717, 1.165) is 5.76 Å². The summed E-state index contributed by atoms with van der Waals surface area (Å²) < 4.78 is 23.0. The number of benzene rings is 1. The van der Waals surface area contributed by atoms with Gasteiger partial charge in [-0.15, -0.1) is 0 Å². The maximum absolute atomic E-state index is 13.4. The molecule has 0 amide bonds. The van der Waals surface area contributed by atoms with E-state index in [0.29, 0.717) is 12.2 Å². The van der Waals surface area contributed by atoms with Gasteiger partial charge in [-0.1, -0.05) is 0 Å². The molecule has 0 radical (unpaired) electrons. The molecular weight excluding hydrogens is 237 g/mol. The first-order valence-corrected chi connectivity index (χ1v) is 5.35. The van der Waals surface area contributed by atoms with Gasteiger partial charge in [-0.05, 0) is 30.3 Å². The van der Waals surface area contributed by atoms with Crippen molar-refractivity contribution in [1.29, 1.82) is 0 Å². The minimum Gasteiger partial charge on any atom is -0.467 e. The zero-order valence-electron chi connectivity index (χ0n) is 9.77. The lowest BCUT2D eigenvalue weighted by molar-refractivity contribution is 0.0595. The van der Waals surface area contributed by atoms with E-state index >= 15 is 0 Å². The van der Waals surface area contributed by atoms with Crippen LogP contribution >= 0.6 is 0 Å². The largest absolute Gasteiger partial charge is 0.467 e. The van der Waals surface area contributed by atoms with E-state index in [-0.39, 0.29) is 5.56 Å². The molecule has 1 N–H and O–H groups in total. The second kappa shape index (κ2) is 5.35. The molecule has 94 valence electrons. The smallest absolute Gasteiger partial charge is 0.340 e. The van der Waals surface area contributed by atoms with E-state index in [2.05, 4.69) is 10.1 Å². The minimum absolute atomic E-state index is 0.0954. The number of nitrogens with one attached hydrogen (secondary N) is 1. The predicted molar refractivity (Wildman–Crippen MR) is 63.8 cm³/mol. The van der Waals surface area contributed by atoms with E-state index in [1.165, 1.54) is 19.2 Å². The van der Waals surface area contributed by atoms with Gasteiger partial charge in [-0.3, -0.25) is 0 Å². The summed E-state index contributed by atoms with van der Waals surface area (Å²) in [7, 11) is 1.21. The maximum atomic E-state index is 13.4. The number of ether oxygens (including phenoxy) is 1. The molecule has 0 saturated carbocycles. The third kappa shape index (κ3) is 2.68. The van der Waals surface area contributed by atoms with Crippen molar-refractivity contribution in [2.24, 2.45) is 0 Å². The van der Waals surface area contributed by atoms with Crippen molar-refractivity contribution < 1.29 is 18.3 Å². The molecule has 1 aromatic heterocycles. The molecule has 4 nitrogen and oxygen atoms in total. The Kier molecular flexibility index (Phi) is 3.62. The van der Waals surface area contributed by atoms with Gasteiger partial charge in [-0.25, -0.2) is 9.18 Å². The summed E-state index contributed by atoms with van der Waals surface area (Å²) >= 11 is 0. The summed E-state index contributed by atoms with van der Waals surface area (Å²) in [4.78, 5) is 11.3. The van der Waals surface area contributed by atoms with Crippen molar-refractivity contribution in [1.82, 2.24) is 0 Å². The second-order valence-electron chi connectivity index (χ2n) is 3.62. The first-order valence-electron chi connectivity index (χ1n) is 5.35. The molecule has 0 saturated heterocycles. The number of halogens is 1. The Balaban J connectivity index is 2.12. The molecule has 18 heavy (non-hydrogen) atoms. The highest BCUT2D eigenvalue weighted by Gasteiger charge is 2.12. The van der Waals surface area contributed by atoms with Gasteiger partial charge >= 0.3 is 5.97 Å². The van der Waals surface area contributed by atoms with Crippen LogP contribution in [0.25, 0.3) is 0 Å². The molecule has 2 rings (SSSR count). The highest BCUT2D eigenvalue weighted by molar-refractivity contribution is 5.90. The summed E-state index contributed by atoms with van der Waals surface area (Å²) in [5.41, 5.74) is 0.523. The number of furan rings is 1. The van der Waals surface area contributed by atoms with E-state index in [1.807, 2.05) is 6.07 Å². The lowest BCUT2D eigenvalue weighted by Gasteiger charge is -2.07. The van der Waals surface area contributed by atoms with Crippen molar-refractivity contribution in [3.05, 3.63) is 53.7 Å². The number of anilines is 1. The van der Waals surface area contributed by atoms with Crippen LogP contribution in [0.5, 0.6) is 0 Å². The predicted octanol–water partition coefficient (Wildman–Crippen LogP) is 2.82. The molecule has 1 heterocycles. The van der Waals surface area contributed by atoms with E-state index in [9.17, 15) is 9.18 Å². The SMILES string of the molecule is COC(=O)c1cc(NCc2ccco2)ccc1F. The van der Waals surface area contributed by atoms with E-state index in [1.54, 1.807) is 18.4 Å². The Morgan fingerprint density at radius 3 is 2.94 bits per heavy atom. The van der Waals surface area contributed by atoms with Crippen LogP contribution in [0.4, 0.5) is 10.1 Å². The summed E-state index contributed by atoms with van der Waals surface area (Å²) in [6, 6.07) is 7.77. The summed E-state index contributed by atoms with van der Waals surface area (Å²) in [5.74, 6) is -0.557. The van der Waals surface area contributed by atoms with E-state index < -0.39 is 11.8 Å². The number of carbonyl (C=O) groups is 1. The van der Waals surface area contributed by atoms with Crippen LogP contribution in [0.1, 0.15) is 16.1 Å². The summed E-state index contributed by atoms with van der Waals surface area (Å²) in [6.45, 7) is 0.458. The molecule has 0 bridgehead atoms. The van der Waals surface area contributed by atoms with Crippen molar-refractivity contribution in [2.45, 2.75) is 6.54 Å². The highest BCUT2D eigenvalue weighted by Crippen LogP contribution is 2.16. The molecule has 0 unspecified atom stereocenters. The fourth-order valence-electron chi connectivity index (χ4n) is 1.50. The first-order chi connectivity index (χ1) is 8.70. The van der Waals surface area contributed by atoms with Crippen LogP contribution in [0.2, 0.25) is 0 Å². The lowest BCUT2D eigenvalue weighted by Crippen LogP contribution is -2.06. The van der Waals surface area contributed by atoms with E-state index in [4.69, 9.17) is 4.42 Å². The Hall–Kier alpha value is -2.30. The van der Waals surface area contributed by atoms with Crippen LogP contribution in [0.3, 0.4) is 0 Å². The highest BCUT2D eigenvalue weighted by atomic mass is 19.1. The lowest BCUT2D eigenvalue weighted by atomic mass is 10.2. The van der Waals surface area contributed by atoms with Crippen LogP contribution in [0, 0.1) is 5.82 Å². The number of hydrogen-bond donors (Lipinski definition) is 1. The fraction of sp³-hybridized carbons (Fsp3) is 0.154. The average Bonchev–Trinajstić information content (AvgIpc) is 2.90. The quantitative estimate of drug-likeness (QED) is 0.846. The van der Waals surface area contributed by atoms with Gasteiger partial charge in [0.15, 0.2) is 0 Å². The standard InChI is InChI=1S/C13H12FNO3/c1-17-13(16)11-7-9(4-5-12(11)14)15-8-10-3-2-6-18-10/h2-7,15H,8H2,1H3. The van der Waals surface area contributed by atoms with Crippen LogP contribution in [0.15, 0.2) is 41.0 Å². The van der Waals surface area contributed by atoms with Crippen molar-refractivity contribution in [2.75, 3.05) is 12.4 Å². The number of hydrogen-bond acceptors (Lipinski definition) is 4. The van der Waals surface area contributed by atoms with Crippen molar-refractivity contribution >= 4 is 11.7 Å². The average molecular weight is 249 g/mol. The molecule has 5 heteroatoms. The number of carbonyl (C=O) groups excluding carboxylic acids is 1. The van der Waals surface area contributed by atoms with Gasteiger partial charge in [-0.2, -0.15) is 0 Å². The summed E-state index contributed by atoms with van der Waals surface area (Å²) in [5, 5.41) is 3.03. The Morgan fingerprint density at radius 2 is 2.28 bits per heavy atom. The normalized spacial score (nSPS) is 10.1. The van der Waals surface area contributed by atoms with Gasteiger partial charge in [0, 0.05) is 5.69 Å². The molecule has 0 atom stereocenters. The third-order valence-electron chi connectivity index (χ3n) is 2.42. The van der Waals surface area contributed by atoms with Crippen LogP contribution in [-0.2, 0) is 11.3 Å². The Morgan fingerprint density at radius 1 is 1.44 bits per heavy atom. The van der Waals surface area contributed by atoms with Crippen LogP contribution in [-0.4, -0.2) is 13.1 Å². The Bertz CT molecular complexity index is 537. The molecule has 0 aliphatic carbocycles. The fourth-order valence-corrected chi connectivity index (χ4v) is 1.50. The molecular formula is C13H12FNO3. The molecule has 2 aromatic rings. The van der Waals surface area contributed by atoms with Gasteiger partial charge < -0.3 is 14.5 Å².